The Morgan fingerprint density at radius 2 is 2.06 bits per heavy atom. The normalized spacial score (nSPS) is 23.7. The summed E-state index contributed by atoms with van der Waals surface area (Å²) in [6.45, 7) is 0.581. The van der Waals surface area contributed by atoms with Gasteiger partial charge in [-0.1, -0.05) is 0 Å². The van der Waals surface area contributed by atoms with Crippen molar-refractivity contribution in [2.75, 3.05) is 6.54 Å². The summed E-state index contributed by atoms with van der Waals surface area (Å²) in [5, 5.41) is 11.6. The average molecular weight is 223 g/mol. The van der Waals surface area contributed by atoms with Crippen LogP contribution in [0.1, 0.15) is 32.1 Å². The highest BCUT2D eigenvalue weighted by molar-refractivity contribution is 5.80. The molecule has 2 N–H and O–H groups in total. The number of carboxylic acids is 1. The van der Waals surface area contributed by atoms with E-state index >= 15 is 0 Å². The summed E-state index contributed by atoms with van der Waals surface area (Å²) in [4.78, 5) is 22.3. The number of hydrogen-bond donors (Lipinski definition) is 2. The van der Waals surface area contributed by atoms with Gasteiger partial charge in [-0.05, 0) is 25.7 Å². The first-order valence-corrected chi connectivity index (χ1v) is 5.59. The van der Waals surface area contributed by atoms with Crippen LogP contribution in [0, 0.1) is 24.2 Å². The average Bonchev–Trinajstić information content (AvgIpc) is 2.73. The molecule has 1 aliphatic carbocycles. The van der Waals surface area contributed by atoms with Crippen LogP contribution in [0.25, 0.3) is 0 Å². The lowest BCUT2D eigenvalue weighted by atomic mass is 10.0. The Bertz CT molecular complexity index is 306. The van der Waals surface area contributed by atoms with Crippen molar-refractivity contribution >= 4 is 11.9 Å². The van der Waals surface area contributed by atoms with Crippen LogP contribution in [-0.4, -0.2) is 23.5 Å². The largest absolute Gasteiger partial charge is 0.481 e. The fraction of sp³-hybridized carbons (Fsp3) is 0.667. The molecule has 0 aromatic heterocycles. The Morgan fingerprint density at radius 1 is 1.38 bits per heavy atom. The SMILES string of the molecule is C#CCCCNC(=O)[C@@H]1CC[C@H](C(=O)O)C1. The van der Waals surface area contributed by atoms with E-state index in [0.29, 0.717) is 32.2 Å². The molecule has 4 nitrogen and oxygen atoms in total. The summed E-state index contributed by atoms with van der Waals surface area (Å²) < 4.78 is 0. The summed E-state index contributed by atoms with van der Waals surface area (Å²) in [5.74, 6) is 1.21. The highest BCUT2D eigenvalue weighted by Gasteiger charge is 2.33. The summed E-state index contributed by atoms with van der Waals surface area (Å²) in [6, 6.07) is 0. The molecule has 1 aliphatic rings. The molecule has 0 spiro atoms. The van der Waals surface area contributed by atoms with Gasteiger partial charge < -0.3 is 10.4 Å². The van der Waals surface area contributed by atoms with E-state index in [4.69, 9.17) is 11.5 Å². The fourth-order valence-electron chi connectivity index (χ4n) is 1.99. The first kappa shape index (κ1) is 12.6. The molecule has 0 radical (unpaired) electrons. The van der Waals surface area contributed by atoms with Crippen molar-refractivity contribution in [3.05, 3.63) is 0 Å². The first-order chi connectivity index (χ1) is 7.65. The van der Waals surface area contributed by atoms with Crippen LogP contribution in [0.15, 0.2) is 0 Å². The van der Waals surface area contributed by atoms with Crippen molar-refractivity contribution in [2.24, 2.45) is 11.8 Å². The van der Waals surface area contributed by atoms with Crippen LogP contribution in [0.4, 0.5) is 0 Å². The van der Waals surface area contributed by atoms with Crippen molar-refractivity contribution in [2.45, 2.75) is 32.1 Å². The molecule has 4 heteroatoms. The molecule has 0 unspecified atom stereocenters. The first-order valence-electron chi connectivity index (χ1n) is 5.59. The minimum Gasteiger partial charge on any atom is -0.481 e. The van der Waals surface area contributed by atoms with Gasteiger partial charge in [-0.2, -0.15) is 0 Å². The molecule has 0 saturated heterocycles. The highest BCUT2D eigenvalue weighted by atomic mass is 16.4. The number of terminal acetylenes is 1. The van der Waals surface area contributed by atoms with Crippen molar-refractivity contribution in [1.29, 1.82) is 0 Å². The number of aliphatic carboxylic acids is 1. The Morgan fingerprint density at radius 3 is 2.62 bits per heavy atom. The third-order valence-corrected chi connectivity index (χ3v) is 2.95. The fourth-order valence-corrected chi connectivity index (χ4v) is 1.99. The van der Waals surface area contributed by atoms with E-state index in [-0.39, 0.29) is 17.7 Å². The van der Waals surface area contributed by atoms with E-state index in [0.717, 1.165) is 6.42 Å². The molecule has 1 saturated carbocycles. The van der Waals surface area contributed by atoms with Crippen molar-refractivity contribution in [3.8, 4) is 12.3 Å². The van der Waals surface area contributed by atoms with Gasteiger partial charge in [0.1, 0.15) is 0 Å². The van der Waals surface area contributed by atoms with Gasteiger partial charge in [-0.25, -0.2) is 0 Å². The zero-order valence-electron chi connectivity index (χ0n) is 9.24. The molecule has 0 aromatic rings. The van der Waals surface area contributed by atoms with Crippen molar-refractivity contribution in [3.63, 3.8) is 0 Å². The van der Waals surface area contributed by atoms with Crippen LogP contribution in [0.3, 0.4) is 0 Å². The zero-order valence-corrected chi connectivity index (χ0v) is 9.24. The zero-order chi connectivity index (χ0) is 12.0. The second kappa shape index (κ2) is 6.16. The summed E-state index contributed by atoms with van der Waals surface area (Å²) in [7, 11) is 0. The molecule has 1 amide bonds. The quantitative estimate of drug-likeness (QED) is 0.540. The Hall–Kier alpha value is -1.50. The van der Waals surface area contributed by atoms with Gasteiger partial charge in [0, 0.05) is 18.9 Å². The second-order valence-electron chi connectivity index (χ2n) is 4.14. The van der Waals surface area contributed by atoms with E-state index in [9.17, 15) is 9.59 Å². The summed E-state index contributed by atoms with van der Waals surface area (Å²) in [5.41, 5.74) is 0. The third-order valence-electron chi connectivity index (χ3n) is 2.95. The lowest BCUT2D eigenvalue weighted by Gasteiger charge is -2.09. The molecule has 0 aromatic carbocycles. The van der Waals surface area contributed by atoms with Crippen LogP contribution in [0.2, 0.25) is 0 Å². The van der Waals surface area contributed by atoms with Crippen LogP contribution in [-0.2, 0) is 9.59 Å². The molecular formula is C12H17NO3. The predicted molar refractivity (Wildman–Crippen MR) is 59.5 cm³/mol. The molecule has 0 bridgehead atoms. The maximum absolute atomic E-state index is 11.6. The molecular weight excluding hydrogens is 206 g/mol. The summed E-state index contributed by atoms with van der Waals surface area (Å²) in [6.07, 6.45) is 8.28. The van der Waals surface area contributed by atoms with Gasteiger partial charge in [0.15, 0.2) is 0 Å². The number of carbonyl (C=O) groups is 2. The van der Waals surface area contributed by atoms with Crippen LogP contribution >= 0.6 is 0 Å². The van der Waals surface area contributed by atoms with Gasteiger partial charge in [0.05, 0.1) is 5.92 Å². The number of unbranched alkanes of at least 4 members (excludes halogenated alkanes) is 1. The van der Waals surface area contributed by atoms with Gasteiger partial charge in [-0.3, -0.25) is 9.59 Å². The minimum atomic E-state index is -0.789. The monoisotopic (exact) mass is 223 g/mol. The lowest BCUT2D eigenvalue weighted by Crippen LogP contribution is -2.30. The molecule has 1 rings (SSSR count). The Balaban J connectivity index is 2.23. The molecule has 16 heavy (non-hydrogen) atoms. The molecule has 88 valence electrons. The van der Waals surface area contributed by atoms with Crippen molar-refractivity contribution < 1.29 is 14.7 Å². The van der Waals surface area contributed by atoms with Gasteiger partial charge in [0.2, 0.25) is 5.91 Å². The van der Waals surface area contributed by atoms with Crippen LogP contribution < -0.4 is 5.32 Å². The Labute approximate surface area is 95.4 Å². The smallest absolute Gasteiger partial charge is 0.306 e. The molecule has 2 atom stereocenters. The topological polar surface area (TPSA) is 66.4 Å². The standard InChI is InChI=1S/C12H17NO3/c1-2-3-4-7-13-11(14)9-5-6-10(8-9)12(15)16/h1,9-10H,3-8H2,(H,13,14)(H,15,16)/t9-,10+/m1/s1. The molecule has 1 fully saturated rings. The van der Waals surface area contributed by atoms with Crippen LogP contribution in [0.5, 0.6) is 0 Å². The van der Waals surface area contributed by atoms with Gasteiger partial charge in [0.25, 0.3) is 0 Å². The number of carboxylic acid groups (broad SMARTS) is 1. The Kier molecular flexibility index (Phi) is 4.84. The second-order valence-corrected chi connectivity index (χ2v) is 4.14. The lowest BCUT2D eigenvalue weighted by molar-refractivity contribution is -0.141. The maximum atomic E-state index is 11.6. The highest BCUT2D eigenvalue weighted by Crippen LogP contribution is 2.30. The van der Waals surface area contributed by atoms with E-state index in [1.807, 2.05) is 0 Å². The number of nitrogens with one attached hydrogen (secondary N) is 1. The van der Waals surface area contributed by atoms with E-state index in [1.54, 1.807) is 0 Å². The van der Waals surface area contributed by atoms with Gasteiger partial charge in [-0.15, -0.1) is 12.3 Å². The predicted octanol–water partition coefficient (Wildman–Crippen LogP) is 1.02. The molecule has 0 aliphatic heterocycles. The summed E-state index contributed by atoms with van der Waals surface area (Å²) >= 11 is 0. The van der Waals surface area contributed by atoms with E-state index in [2.05, 4.69) is 11.2 Å². The minimum absolute atomic E-state index is 0.0271. The third kappa shape index (κ3) is 3.58. The van der Waals surface area contributed by atoms with E-state index in [1.165, 1.54) is 0 Å². The molecule has 0 heterocycles. The van der Waals surface area contributed by atoms with Crippen molar-refractivity contribution in [1.82, 2.24) is 5.32 Å². The number of carbonyl (C=O) groups excluding carboxylic acids is 1. The maximum Gasteiger partial charge on any atom is 0.306 e. The number of amides is 1. The number of rotatable bonds is 5. The van der Waals surface area contributed by atoms with Gasteiger partial charge >= 0.3 is 5.97 Å². The number of hydrogen-bond acceptors (Lipinski definition) is 2. The van der Waals surface area contributed by atoms with E-state index < -0.39 is 5.97 Å².